The van der Waals surface area contributed by atoms with E-state index >= 15 is 0 Å². The minimum atomic E-state index is 0.460. The standard InChI is InChI=1S/C13H24N4O/c1-3-5-13-15-12(16-18-13)9-17-10(2)6-4-7-11(17)8-14/h10-11H,3-9,14H2,1-2H3. The highest BCUT2D eigenvalue weighted by Crippen LogP contribution is 2.23. The van der Waals surface area contributed by atoms with Gasteiger partial charge in [0.15, 0.2) is 5.82 Å². The zero-order valence-electron chi connectivity index (χ0n) is 11.4. The maximum Gasteiger partial charge on any atom is 0.226 e. The van der Waals surface area contributed by atoms with Crippen molar-refractivity contribution in [2.45, 2.75) is 64.6 Å². The first-order valence-corrected chi connectivity index (χ1v) is 7.01. The molecule has 0 aliphatic carbocycles. The van der Waals surface area contributed by atoms with Gasteiger partial charge in [-0.15, -0.1) is 0 Å². The van der Waals surface area contributed by atoms with Crippen LogP contribution in [0.3, 0.4) is 0 Å². The molecule has 1 fully saturated rings. The third-order valence-corrected chi connectivity index (χ3v) is 3.76. The van der Waals surface area contributed by atoms with Crippen LogP contribution in [0.1, 0.15) is 51.2 Å². The second-order valence-electron chi connectivity index (χ2n) is 5.20. The second kappa shape index (κ2) is 6.29. The smallest absolute Gasteiger partial charge is 0.226 e. The van der Waals surface area contributed by atoms with Crippen LogP contribution in [0.5, 0.6) is 0 Å². The maximum absolute atomic E-state index is 5.86. The minimum Gasteiger partial charge on any atom is -0.339 e. The lowest BCUT2D eigenvalue weighted by Crippen LogP contribution is -2.48. The molecule has 0 aromatic carbocycles. The normalized spacial score (nSPS) is 25.5. The highest BCUT2D eigenvalue weighted by Gasteiger charge is 2.28. The summed E-state index contributed by atoms with van der Waals surface area (Å²) in [7, 11) is 0. The van der Waals surface area contributed by atoms with E-state index in [1.807, 2.05) is 0 Å². The van der Waals surface area contributed by atoms with Crippen molar-refractivity contribution in [1.82, 2.24) is 15.0 Å². The van der Waals surface area contributed by atoms with Crippen LogP contribution in [0.25, 0.3) is 0 Å². The first-order chi connectivity index (χ1) is 8.74. The Morgan fingerprint density at radius 1 is 1.44 bits per heavy atom. The fourth-order valence-corrected chi connectivity index (χ4v) is 2.71. The van der Waals surface area contributed by atoms with Gasteiger partial charge in [0, 0.05) is 25.0 Å². The van der Waals surface area contributed by atoms with E-state index in [1.54, 1.807) is 0 Å². The third-order valence-electron chi connectivity index (χ3n) is 3.76. The summed E-state index contributed by atoms with van der Waals surface area (Å²) in [5.74, 6) is 1.55. The van der Waals surface area contributed by atoms with Gasteiger partial charge in [-0.25, -0.2) is 0 Å². The van der Waals surface area contributed by atoms with E-state index in [1.165, 1.54) is 19.3 Å². The van der Waals surface area contributed by atoms with Crippen LogP contribution >= 0.6 is 0 Å². The molecule has 5 nitrogen and oxygen atoms in total. The molecule has 18 heavy (non-hydrogen) atoms. The summed E-state index contributed by atoms with van der Waals surface area (Å²) in [5, 5.41) is 4.06. The lowest BCUT2D eigenvalue weighted by Gasteiger charge is -2.39. The third kappa shape index (κ3) is 3.09. The summed E-state index contributed by atoms with van der Waals surface area (Å²) >= 11 is 0. The first-order valence-electron chi connectivity index (χ1n) is 7.01. The molecule has 0 saturated carbocycles. The number of rotatable bonds is 5. The second-order valence-corrected chi connectivity index (χ2v) is 5.20. The number of aromatic nitrogens is 2. The Bertz CT molecular complexity index is 366. The molecule has 0 radical (unpaired) electrons. The van der Waals surface area contributed by atoms with Gasteiger partial charge in [-0.3, -0.25) is 4.90 Å². The van der Waals surface area contributed by atoms with E-state index in [2.05, 4.69) is 28.9 Å². The molecule has 1 aromatic heterocycles. The van der Waals surface area contributed by atoms with Crippen molar-refractivity contribution < 1.29 is 4.52 Å². The van der Waals surface area contributed by atoms with Gasteiger partial charge in [-0.1, -0.05) is 18.5 Å². The maximum atomic E-state index is 5.86. The molecule has 5 heteroatoms. The van der Waals surface area contributed by atoms with Crippen molar-refractivity contribution in [1.29, 1.82) is 0 Å². The topological polar surface area (TPSA) is 68.2 Å². The fourth-order valence-electron chi connectivity index (χ4n) is 2.71. The predicted octanol–water partition coefficient (Wildman–Crippen LogP) is 1.72. The Kier molecular flexibility index (Phi) is 4.72. The van der Waals surface area contributed by atoms with Gasteiger partial charge < -0.3 is 10.3 Å². The van der Waals surface area contributed by atoms with Gasteiger partial charge in [0.2, 0.25) is 5.89 Å². The summed E-state index contributed by atoms with van der Waals surface area (Å²) < 4.78 is 5.23. The quantitative estimate of drug-likeness (QED) is 0.864. The van der Waals surface area contributed by atoms with Gasteiger partial charge in [0.25, 0.3) is 0 Å². The lowest BCUT2D eigenvalue weighted by molar-refractivity contribution is 0.0854. The number of piperidine rings is 1. The summed E-state index contributed by atoms with van der Waals surface area (Å²) in [6.45, 7) is 5.84. The van der Waals surface area contributed by atoms with Gasteiger partial charge in [0.05, 0.1) is 6.54 Å². The molecule has 2 atom stereocenters. The van der Waals surface area contributed by atoms with Crippen LogP contribution in [-0.2, 0) is 13.0 Å². The molecule has 2 unspecified atom stereocenters. The van der Waals surface area contributed by atoms with Crippen molar-refractivity contribution in [2.75, 3.05) is 6.54 Å². The van der Waals surface area contributed by atoms with Gasteiger partial charge in [0.1, 0.15) is 0 Å². The number of nitrogens with zero attached hydrogens (tertiary/aromatic N) is 3. The number of likely N-dealkylation sites (tertiary alicyclic amines) is 1. The van der Waals surface area contributed by atoms with Crippen LogP contribution in [0.15, 0.2) is 4.52 Å². The number of hydrogen-bond donors (Lipinski definition) is 1. The summed E-state index contributed by atoms with van der Waals surface area (Å²) in [5.41, 5.74) is 5.86. The Morgan fingerprint density at radius 2 is 2.28 bits per heavy atom. The van der Waals surface area contributed by atoms with Crippen molar-refractivity contribution in [3.8, 4) is 0 Å². The van der Waals surface area contributed by atoms with Crippen molar-refractivity contribution in [3.63, 3.8) is 0 Å². The van der Waals surface area contributed by atoms with Crippen LogP contribution in [0.2, 0.25) is 0 Å². The van der Waals surface area contributed by atoms with E-state index < -0.39 is 0 Å². The first kappa shape index (κ1) is 13.5. The molecule has 0 spiro atoms. The van der Waals surface area contributed by atoms with E-state index in [-0.39, 0.29) is 0 Å². The molecule has 2 rings (SSSR count). The Labute approximate surface area is 109 Å². The zero-order valence-corrected chi connectivity index (χ0v) is 11.4. The van der Waals surface area contributed by atoms with Crippen molar-refractivity contribution in [3.05, 3.63) is 11.7 Å². The van der Waals surface area contributed by atoms with Crippen molar-refractivity contribution in [2.24, 2.45) is 5.73 Å². The SMILES string of the molecule is CCCc1nc(CN2C(C)CCCC2CN)no1. The fraction of sp³-hybridized carbons (Fsp3) is 0.846. The monoisotopic (exact) mass is 252 g/mol. The molecular formula is C13H24N4O. The number of nitrogens with two attached hydrogens (primary N) is 1. The summed E-state index contributed by atoms with van der Waals surface area (Å²) in [6.07, 6.45) is 5.58. The number of aryl methyl sites for hydroxylation is 1. The Balaban J connectivity index is 2.00. The molecular weight excluding hydrogens is 228 g/mol. The highest BCUT2D eigenvalue weighted by atomic mass is 16.5. The molecule has 2 N–H and O–H groups in total. The summed E-state index contributed by atoms with van der Waals surface area (Å²) in [4.78, 5) is 6.86. The molecule has 1 saturated heterocycles. The molecule has 2 heterocycles. The Hall–Kier alpha value is -0.940. The molecule has 1 aliphatic heterocycles. The molecule has 0 bridgehead atoms. The molecule has 1 aliphatic rings. The van der Waals surface area contributed by atoms with E-state index in [4.69, 9.17) is 10.3 Å². The minimum absolute atomic E-state index is 0.460. The molecule has 1 aromatic rings. The van der Waals surface area contributed by atoms with E-state index in [0.29, 0.717) is 18.6 Å². The van der Waals surface area contributed by atoms with Gasteiger partial charge in [-0.2, -0.15) is 4.98 Å². The molecule has 102 valence electrons. The van der Waals surface area contributed by atoms with Crippen LogP contribution < -0.4 is 5.73 Å². The van der Waals surface area contributed by atoms with E-state index in [0.717, 1.165) is 31.1 Å². The lowest BCUT2D eigenvalue weighted by atomic mass is 9.96. The average Bonchev–Trinajstić information content (AvgIpc) is 2.80. The zero-order chi connectivity index (χ0) is 13.0. The van der Waals surface area contributed by atoms with Crippen LogP contribution in [0, 0.1) is 0 Å². The average molecular weight is 252 g/mol. The predicted molar refractivity (Wildman–Crippen MR) is 70.0 cm³/mol. The largest absolute Gasteiger partial charge is 0.339 e. The molecule has 0 amide bonds. The van der Waals surface area contributed by atoms with Gasteiger partial charge in [-0.05, 0) is 26.2 Å². The van der Waals surface area contributed by atoms with Crippen LogP contribution in [-0.4, -0.2) is 33.7 Å². The Morgan fingerprint density at radius 3 is 3.00 bits per heavy atom. The van der Waals surface area contributed by atoms with Gasteiger partial charge >= 0.3 is 0 Å². The van der Waals surface area contributed by atoms with E-state index in [9.17, 15) is 0 Å². The summed E-state index contributed by atoms with van der Waals surface area (Å²) in [6, 6.07) is 1.02. The highest BCUT2D eigenvalue weighted by molar-refractivity contribution is 4.91. The van der Waals surface area contributed by atoms with Crippen LogP contribution in [0.4, 0.5) is 0 Å². The number of hydrogen-bond acceptors (Lipinski definition) is 5. The van der Waals surface area contributed by atoms with Crippen molar-refractivity contribution >= 4 is 0 Å².